The van der Waals surface area contributed by atoms with E-state index in [0.29, 0.717) is 13.1 Å². The lowest BCUT2D eigenvalue weighted by Gasteiger charge is -2.27. The van der Waals surface area contributed by atoms with E-state index in [2.05, 4.69) is 10.3 Å². The van der Waals surface area contributed by atoms with E-state index in [-0.39, 0.29) is 5.91 Å². The average molecular weight is 191 g/mol. The number of nitrogens with one attached hydrogen (secondary N) is 1. The van der Waals surface area contributed by atoms with E-state index in [1.165, 1.54) is 0 Å². The molecule has 1 fully saturated rings. The molecule has 0 aromatic carbocycles. The number of piperazine rings is 1. The number of pyridine rings is 1. The second-order valence-electron chi connectivity index (χ2n) is 3.41. The quantitative estimate of drug-likeness (QED) is 0.695. The van der Waals surface area contributed by atoms with Crippen molar-refractivity contribution < 1.29 is 4.79 Å². The van der Waals surface area contributed by atoms with Gasteiger partial charge in [-0.3, -0.25) is 4.79 Å². The van der Waals surface area contributed by atoms with Gasteiger partial charge in [0.25, 0.3) is 0 Å². The van der Waals surface area contributed by atoms with Gasteiger partial charge in [0, 0.05) is 18.8 Å². The van der Waals surface area contributed by atoms with Gasteiger partial charge in [-0.15, -0.1) is 0 Å². The van der Waals surface area contributed by atoms with Gasteiger partial charge in [-0.25, -0.2) is 4.98 Å². The Balaban J connectivity index is 2.17. The van der Waals surface area contributed by atoms with Crippen LogP contribution in [0.5, 0.6) is 0 Å². The van der Waals surface area contributed by atoms with Crippen molar-refractivity contribution in [3.8, 4) is 0 Å². The minimum absolute atomic E-state index is 0.0690. The fourth-order valence-electron chi connectivity index (χ4n) is 1.54. The molecule has 0 radical (unpaired) electrons. The summed E-state index contributed by atoms with van der Waals surface area (Å²) in [5.74, 6) is 0.958. The predicted octanol–water partition coefficient (Wildman–Crippen LogP) is 0.326. The largest absolute Gasteiger partial charge is 0.353 e. The Bertz CT molecular complexity index is 351. The fraction of sp³-hybridized carbons (Fsp3) is 0.400. The molecule has 74 valence electrons. The first-order valence-electron chi connectivity index (χ1n) is 4.71. The summed E-state index contributed by atoms with van der Waals surface area (Å²) < 4.78 is 0. The molecule has 14 heavy (non-hydrogen) atoms. The Morgan fingerprint density at radius 1 is 1.50 bits per heavy atom. The normalized spacial score (nSPS) is 16.6. The fourth-order valence-corrected chi connectivity index (χ4v) is 1.54. The second kappa shape index (κ2) is 3.65. The molecule has 1 aromatic rings. The molecule has 0 saturated carbocycles. The summed E-state index contributed by atoms with van der Waals surface area (Å²) in [5, 5.41) is 2.79. The van der Waals surface area contributed by atoms with Gasteiger partial charge in [0.05, 0.1) is 6.54 Å². The zero-order valence-corrected chi connectivity index (χ0v) is 8.16. The molecule has 4 nitrogen and oxygen atoms in total. The van der Waals surface area contributed by atoms with E-state index < -0.39 is 0 Å². The lowest BCUT2D eigenvalue weighted by atomic mass is 10.3. The van der Waals surface area contributed by atoms with E-state index in [9.17, 15) is 4.79 Å². The maximum atomic E-state index is 11.2. The molecule has 4 heteroatoms. The number of rotatable bonds is 1. The van der Waals surface area contributed by atoms with E-state index >= 15 is 0 Å². The molecule has 0 atom stereocenters. The van der Waals surface area contributed by atoms with Crippen molar-refractivity contribution in [2.24, 2.45) is 0 Å². The summed E-state index contributed by atoms with van der Waals surface area (Å²) in [7, 11) is 0. The summed E-state index contributed by atoms with van der Waals surface area (Å²) in [4.78, 5) is 17.5. The van der Waals surface area contributed by atoms with Gasteiger partial charge in [0.1, 0.15) is 5.82 Å². The van der Waals surface area contributed by atoms with Crippen LogP contribution in [0.1, 0.15) is 5.69 Å². The number of carbonyl (C=O) groups excluding carboxylic acids is 1. The van der Waals surface area contributed by atoms with E-state index in [1.54, 1.807) is 0 Å². The van der Waals surface area contributed by atoms with Crippen LogP contribution in [0.2, 0.25) is 0 Å². The monoisotopic (exact) mass is 191 g/mol. The molecule has 1 aliphatic rings. The van der Waals surface area contributed by atoms with Gasteiger partial charge in [-0.2, -0.15) is 0 Å². The molecule has 1 aromatic heterocycles. The van der Waals surface area contributed by atoms with Crippen LogP contribution in [0.3, 0.4) is 0 Å². The third kappa shape index (κ3) is 1.84. The zero-order chi connectivity index (χ0) is 9.97. The molecule has 2 heterocycles. The molecule has 1 N–H and O–H groups in total. The molecular weight excluding hydrogens is 178 g/mol. The number of nitrogens with zero attached hydrogens (tertiary/aromatic N) is 2. The number of amides is 1. The molecule has 2 rings (SSSR count). The maximum Gasteiger partial charge on any atom is 0.239 e. The lowest BCUT2D eigenvalue weighted by molar-refractivity contribution is -0.120. The summed E-state index contributed by atoms with van der Waals surface area (Å²) >= 11 is 0. The number of aromatic nitrogens is 1. The van der Waals surface area contributed by atoms with Gasteiger partial charge in [-0.05, 0) is 19.1 Å². The SMILES string of the molecule is Cc1cccc(N2CCNC(=O)C2)n1. The average Bonchev–Trinajstić information content (AvgIpc) is 2.18. The number of anilines is 1. The summed E-state index contributed by atoms with van der Waals surface area (Å²) in [6, 6.07) is 5.85. The minimum atomic E-state index is 0.0690. The summed E-state index contributed by atoms with van der Waals surface area (Å²) in [6.45, 7) is 3.90. The van der Waals surface area contributed by atoms with Crippen LogP contribution in [0.15, 0.2) is 18.2 Å². The van der Waals surface area contributed by atoms with Crippen molar-refractivity contribution >= 4 is 11.7 Å². The topological polar surface area (TPSA) is 45.2 Å². The van der Waals surface area contributed by atoms with E-state index in [4.69, 9.17) is 0 Å². The maximum absolute atomic E-state index is 11.2. The van der Waals surface area contributed by atoms with Crippen molar-refractivity contribution in [3.63, 3.8) is 0 Å². The Hall–Kier alpha value is -1.58. The van der Waals surface area contributed by atoms with Crippen LogP contribution in [-0.4, -0.2) is 30.5 Å². The Kier molecular flexibility index (Phi) is 2.35. The van der Waals surface area contributed by atoms with E-state index in [1.807, 2.05) is 30.0 Å². The highest BCUT2D eigenvalue weighted by atomic mass is 16.2. The highest BCUT2D eigenvalue weighted by Crippen LogP contribution is 2.11. The van der Waals surface area contributed by atoms with Crippen LogP contribution in [0.4, 0.5) is 5.82 Å². The second-order valence-corrected chi connectivity index (χ2v) is 3.41. The minimum Gasteiger partial charge on any atom is -0.353 e. The third-order valence-corrected chi connectivity index (χ3v) is 2.24. The van der Waals surface area contributed by atoms with Crippen molar-refractivity contribution in [2.75, 3.05) is 24.5 Å². The zero-order valence-electron chi connectivity index (χ0n) is 8.16. The summed E-state index contributed by atoms with van der Waals surface area (Å²) in [5.41, 5.74) is 0.980. The van der Waals surface area contributed by atoms with Crippen LogP contribution in [-0.2, 0) is 4.79 Å². The van der Waals surface area contributed by atoms with Crippen molar-refractivity contribution in [2.45, 2.75) is 6.92 Å². The first-order chi connectivity index (χ1) is 6.75. The summed E-state index contributed by atoms with van der Waals surface area (Å²) in [6.07, 6.45) is 0. The first kappa shape index (κ1) is 8.99. The third-order valence-electron chi connectivity index (χ3n) is 2.24. The van der Waals surface area contributed by atoms with Gasteiger partial charge in [0.15, 0.2) is 0 Å². The van der Waals surface area contributed by atoms with Crippen LogP contribution in [0, 0.1) is 6.92 Å². The number of hydrogen-bond donors (Lipinski definition) is 1. The van der Waals surface area contributed by atoms with Gasteiger partial charge in [0.2, 0.25) is 5.91 Å². The van der Waals surface area contributed by atoms with Gasteiger partial charge in [-0.1, -0.05) is 6.07 Å². The number of hydrogen-bond acceptors (Lipinski definition) is 3. The predicted molar refractivity (Wildman–Crippen MR) is 54.2 cm³/mol. The number of aryl methyl sites for hydroxylation is 1. The van der Waals surface area contributed by atoms with Crippen molar-refractivity contribution in [1.82, 2.24) is 10.3 Å². The van der Waals surface area contributed by atoms with Gasteiger partial charge >= 0.3 is 0 Å². The molecule has 0 spiro atoms. The molecule has 0 aliphatic carbocycles. The molecule has 1 saturated heterocycles. The Morgan fingerprint density at radius 3 is 3.07 bits per heavy atom. The van der Waals surface area contributed by atoms with Crippen LogP contribution >= 0.6 is 0 Å². The number of carbonyl (C=O) groups is 1. The molecule has 1 aliphatic heterocycles. The Labute approximate surface area is 82.9 Å². The smallest absolute Gasteiger partial charge is 0.239 e. The van der Waals surface area contributed by atoms with Crippen LogP contribution in [0.25, 0.3) is 0 Å². The highest BCUT2D eigenvalue weighted by Gasteiger charge is 2.16. The van der Waals surface area contributed by atoms with Gasteiger partial charge < -0.3 is 10.2 Å². The molecule has 0 unspecified atom stereocenters. The van der Waals surface area contributed by atoms with Crippen molar-refractivity contribution in [1.29, 1.82) is 0 Å². The van der Waals surface area contributed by atoms with E-state index in [0.717, 1.165) is 18.1 Å². The standard InChI is InChI=1S/C10H13N3O/c1-8-3-2-4-9(12-8)13-6-5-11-10(14)7-13/h2-4H,5-7H2,1H3,(H,11,14). The molecule has 0 bridgehead atoms. The highest BCUT2D eigenvalue weighted by molar-refractivity contribution is 5.82. The Morgan fingerprint density at radius 2 is 2.36 bits per heavy atom. The molecule has 1 amide bonds. The lowest BCUT2D eigenvalue weighted by Crippen LogP contribution is -2.48. The first-order valence-corrected chi connectivity index (χ1v) is 4.71. The van der Waals surface area contributed by atoms with Crippen molar-refractivity contribution in [3.05, 3.63) is 23.9 Å². The molecular formula is C10H13N3O. The van der Waals surface area contributed by atoms with Crippen LogP contribution < -0.4 is 10.2 Å².